The first-order chi connectivity index (χ1) is 16.1. The van der Waals surface area contributed by atoms with Gasteiger partial charge in [-0.1, -0.05) is 24.3 Å². The third-order valence-electron chi connectivity index (χ3n) is 7.49. The molecule has 1 aromatic carbocycles. The van der Waals surface area contributed by atoms with Crippen LogP contribution in [0.15, 0.2) is 54.7 Å². The van der Waals surface area contributed by atoms with Crippen molar-refractivity contribution in [3.8, 4) is 5.75 Å². The van der Waals surface area contributed by atoms with E-state index in [-0.39, 0.29) is 17.2 Å². The summed E-state index contributed by atoms with van der Waals surface area (Å²) in [5.41, 5.74) is 0.118. The van der Waals surface area contributed by atoms with Crippen LogP contribution in [0, 0.1) is 11.3 Å². The number of hydrogen-bond acceptors (Lipinski definition) is 5. The van der Waals surface area contributed by atoms with E-state index < -0.39 is 0 Å². The molecule has 0 radical (unpaired) electrons. The van der Waals surface area contributed by atoms with Crippen molar-refractivity contribution < 1.29 is 14.3 Å². The van der Waals surface area contributed by atoms with E-state index in [0.717, 1.165) is 70.1 Å². The molecule has 2 saturated heterocycles. The van der Waals surface area contributed by atoms with Crippen LogP contribution in [0.2, 0.25) is 0 Å². The number of aromatic nitrogens is 1. The summed E-state index contributed by atoms with van der Waals surface area (Å²) in [6.45, 7) is 5.08. The summed E-state index contributed by atoms with van der Waals surface area (Å²) < 4.78 is 5.67. The van der Waals surface area contributed by atoms with Crippen molar-refractivity contribution in [3.05, 3.63) is 54.7 Å². The van der Waals surface area contributed by atoms with E-state index in [1.54, 1.807) is 0 Å². The molecular formula is C26H32N4O3. The van der Waals surface area contributed by atoms with Gasteiger partial charge in [-0.3, -0.25) is 9.59 Å². The van der Waals surface area contributed by atoms with Crippen LogP contribution in [0.1, 0.15) is 25.7 Å². The normalized spacial score (nSPS) is 21.7. The van der Waals surface area contributed by atoms with E-state index in [1.165, 1.54) is 0 Å². The van der Waals surface area contributed by atoms with Gasteiger partial charge in [-0.05, 0) is 48.9 Å². The van der Waals surface area contributed by atoms with E-state index in [2.05, 4.69) is 9.88 Å². The maximum absolute atomic E-state index is 13.2. The van der Waals surface area contributed by atoms with Crippen LogP contribution < -0.4 is 9.64 Å². The number of nitrogens with zero attached hydrogens (tertiary/aromatic N) is 4. The molecule has 2 aromatic rings. The molecule has 7 heteroatoms. The molecule has 1 spiro atoms. The molecule has 0 unspecified atom stereocenters. The van der Waals surface area contributed by atoms with Gasteiger partial charge in [0.1, 0.15) is 11.6 Å². The Morgan fingerprint density at radius 2 is 1.64 bits per heavy atom. The molecule has 2 amide bonds. The first-order valence-electron chi connectivity index (χ1n) is 12.1. The van der Waals surface area contributed by atoms with Crippen LogP contribution in [0.5, 0.6) is 5.75 Å². The van der Waals surface area contributed by atoms with Gasteiger partial charge >= 0.3 is 0 Å². The Labute approximate surface area is 195 Å². The highest BCUT2D eigenvalue weighted by atomic mass is 16.5. The second kappa shape index (κ2) is 9.41. The van der Waals surface area contributed by atoms with E-state index in [4.69, 9.17) is 4.74 Å². The van der Waals surface area contributed by atoms with Gasteiger partial charge in [0.25, 0.3) is 0 Å². The minimum absolute atomic E-state index is 0.118. The van der Waals surface area contributed by atoms with Gasteiger partial charge in [0.15, 0.2) is 0 Å². The van der Waals surface area contributed by atoms with Crippen molar-refractivity contribution >= 4 is 17.6 Å². The fraction of sp³-hybridized carbons (Fsp3) is 0.500. The lowest BCUT2D eigenvalue weighted by Gasteiger charge is -2.37. The average Bonchev–Trinajstić information content (AvgIpc) is 3.58. The van der Waals surface area contributed by atoms with Crippen LogP contribution in [0.4, 0.5) is 5.82 Å². The predicted octanol–water partition coefficient (Wildman–Crippen LogP) is 2.83. The smallest absolute Gasteiger partial charge is 0.226 e. The number of hydrogen-bond donors (Lipinski definition) is 0. The van der Waals surface area contributed by atoms with Gasteiger partial charge in [-0.15, -0.1) is 0 Å². The van der Waals surface area contributed by atoms with E-state index in [9.17, 15) is 9.59 Å². The van der Waals surface area contributed by atoms with Crippen molar-refractivity contribution in [3.63, 3.8) is 0 Å². The molecule has 2 aliphatic heterocycles. The summed E-state index contributed by atoms with van der Waals surface area (Å²) in [5, 5.41) is 0. The van der Waals surface area contributed by atoms with Crippen molar-refractivity contribution in [1.29, 1.82) is 0 Å². The number of likely N-dealkylation sites (tertiary alicyclic amines) is 1. The number of carbonyl (C=O) groups excluding carboxylic acids is 2. The minimum atomic E-state index is 0.118. The topological polar surface area (TPSA) is 66.0 Å². The van der Waals surface area contributed by atoms with Crippen molar-refractivity contribution in [2.75, 3.05) is 50.8 Å². The SMILES string of the molecule is O=C(CCOc1ccccc1)N1CCC2(CC1)C[C@H]2C(=O)N1CCN(c2ccccn2)CC1. The summed E-state index contributed by atoms with van der Waals surface area (Å²) in [7, 11) is 0. The molecule has 7 nitrogen and oxygen atoms in total. The van der Waals surface area contributed by atoms with Gasteiger partial charge in [0.05, 0.1) is 13.0 Å². The van der Waals surface area contributed by atoms with E-state index in [0.29, 0.717) is 18.9 Å². The molecule has 1 aliphatic carbocycles. The summed E-state index contributed by atoms with van der Waals surface area (Å²) in [6, 6.07) is 15.5. The Morgan fingerprint density at radius 1 is 0.909 bits per heavy atom. The number of carbonyl (C=O) groups is 2. The second-order valence-electron chi connectivity index (χ2n) is 9.41. The van der Waals surface area contributed by atoms with Crippen LogP contribution >= 0.6 is 0 Å². The van der Waals surface area contributed by atoms with E-state index in [1.807, 2.05) is 64.5 Å². The monoisotopic (exact) mass is 448 g/mol. The number of para-hydroxylation sites is 1. The van der Waals surface area contributed by atoms with Crippen LogP contribution in [-0.2, 0) is 9.59 Å². The van der Waals surface area contributed by atoms with Gasteiger partial charge in [0.2, 0.25) is 11.8 Å². The van der Waals surface area contributed by atoms with Crippen LogP contribution in [0.3, 0.4) is 0 Å². The molecule has 33 heavy (non-hydrogen) atoms. The molecule has 3 heterocycles. The van der Waals surface area contributed by atoms with Gasteiger partial charge in [0, 0.05) is 51.4 Å². The molecule has 1 aromatic heterocycles. The number of piperazine rings is 1. The Balaban J connectivity index is 1.05. The number of benzene rings is 1. The molecule has 3 aliphatic rings. The number of amides is 2. The Bertz CT molecular complexity index is 952. The Hall–Kier alpha value is -3.09. The molecule has 1 atom stereocenters. The van der Waals surface area contributed by atoms with Crippen molar-refractivity contribution in [1.82, 2.24) is 14.8 Å². The highest BCUT2D eigenvalue weighted by molar-refractivity contribution is 5.83. The van der Waals surface area contributed by atoms with Crippen LogP contribution in [-0.4, -0.2) is 72.5 Å². The van der Waals surface area contributed by atoms with Gasteiger partial charge in [-0.25, -0.2) is 4.98 Å². The molecule has 5 rings (SSSR count). The minimum Gasteiger partial charge on any atom is -0.493 e. The fourth-order valence-electron chi connectivity index (χ4n) is 5.30. The first kappa shape index (κ1) is 21.7. The number of ether oxygens (including phenoxy) is 1. The number of pyridine rings is 1. The van der Waals surface area contributed by atoms with Crippen molar-refractivity contribution in [2.45, 2.75) is 25.7 Å². The third-order valence-corrected chi connectivity index (χ3v) is 7.49. The fourth-order valence-corrected chi connectivity index (χ4v) is 5.30. The molecule has 0 N–H and O–H groups in total. The lowest BCUT2D eigenvalue weighted by atomic mass is 9.90. The largest absolute Gasteiger partial charge is 0.493 e. The maximum atomic E-state index is 13.2. The summed E-state index contributed by atoms with van der Waals surface area (Å²) in [4.78, 5) is 36.4. The quantitative estimate of drug-likeness (QED) is 0.680. The Kier molecular flexibility index (Phi) is 6.20. The lowest BCUT2D eigenvalue weighted by Crippen LogP contribution is -2.50. The Morgan fingerprint density at radius 3 is 2.33 bits per heavy atom. The zero-order chi connectivity index (χ0) is 22.7. The lowest BCUT2D eigenvalue weighted by molar-refractivity contribution is -0.135. The molecular weight excluding hydrogens is 416 g/mol. The standard InChI is InChI=1S/C26H32N4O3/c31-24(9-19-33-21-6-2-1-3-7-21)29-13-10-26(11-14-29)20-22(26)25(32)30-17-15-28(16-18-30)23-8-4-5-12-27-23/h1-8,12,22H,9-11,13-20H2/t22-/m0/s1. The highest BCUT2D eigenvalue weighted by Gasteiger charge is 2.59. The van der Waals surface area contributed by atoms with Crippen LogP contribution in [0.25, 0.3) is 0 Å². The zero-order valence-corrected chi connectivity index (χ0v) is 19.1. The summed E-state index contributed by atoms with van der Waals surface area (Å²) in [5.74, 6) is 2.38. The zero-order valence-electron chi connectivity index (χ0n) is 19.1. The van der Waals surface area contributed by atoms with E-state index >= 15 is 0 Å². The first-order valence-corrected chi connectivity index (χ1v) is 12.1. The average molecular weight is 449 g/mol. The molecule has 1 saturated carbocycles. The summed E-state index contributed by atoms with van der Waals surface area (Å²) in [6.07, 6.45) is 5.05. The summed E-state index contributed by atoms with van der Waals surface area (Å²) >= 11 is 0. The number of rotatable bonds is 6. The van der Waals surface area contributed by atoms with Gasteiger partial charge < -0.3 is 19.4 Å². The maximum Gasteiger partial charge on any atom is 0.226 e. The second-order valence-corrected chi connectivity index (χ2v) is 9.41. The predicted molar refractivity (Wildman–Crippen MR) is 126 cm³/mol. The molecule has 3 fully saturated rings. The number of anilines is 1. The van der Waals surface area contributed by atoms with Crippen molar-refractivity contribution in [2.24, 2.45) is 11.3 Å². The molecule has 174 valence electrons. The number of piperidine rings is 1. The van der Waals surface area contributed by atoms with Gasteiger partial charge in [-0.2, -0.15) is 0 Å². The third kappa shape index (κ3) is 4.82. The highest BCUT2D eigenvalue weighted by Crippen LogP contribution is 2.60. The molecule has 0 bridgehead atoms.